The van der Waals surface area contributed by atoms with Crippen LogP contribution < -0.4 is 14.5 Å². The lowest BCUT2D eigenvalue weighted by Gasteiger charge is -2.27. The molecule has 1 fully saturated rings. The first-order valence-corrected chi connectivity index (χ1v) is 12.1. The Labute approximate surface area is 214 Å². The lowest BCUT2D eigenvalue weighted by atomic mass is 9.94. The zero-order valence-corrected chi connectivity index (χ0v) is 20.9. The molecule has 0 spiro atoms. The van der Waals surface area contributed by atoms with Crippen LogP contribution in [-0.4, -0.2) is 36.5 Å². The summed E-state index contributed by atoms with van der Waals surface area (Å²) in [5.74, 6) is -3.66. The molecule has 37 heavy (non-hydrogen) atoms. The highest BCUT2D eigenvalue weighted by Crippen LogP contribution is 2.43. The molecule has 4 rings (SSSR count). The number of ether oxygens (including phenoxy) is 1. The summed E-state index contributed by atoms with van der Waals surface area (Å²) in [7, 11) is 0. The summed E-state index contributed by atoms with van der Waals surface area (Å²) in [6, 6.07) is 15.1. The van der Waals surface area contributed by atoms with Crippen molar-refractivity contribution in [2.24, 2.45) is 0 Å². The number of ketones is 1. The van der Waals surface area contributed by atoms with E-state index in [2.05, 4.69) is 4.90 Å². The number of hydrogen-bond acceptors (Lipinski definition) is 5. The summed E-state index contributed by atoms with van der Waals surface area (Å²) in [6.45, 7) is 7.81. The van der Waals surface area contributed by atoms with E-state index in [9.17, 15) is 23.5 Å². The minimum atomic E-state index is -1.18. The van der Waals surface area contributed by atoms with E-state index in [1.165, 1.54) is 0 Å². The predicted molar refractivity (Wildman–Crippen MR) is 139 cm³/mol. The molecular weight excluding hydrogens is 478 g/mol. The van der Waals surface area contributed by atoms with E-state index in [4.69, 9.17) is 4.74 Å². The molecule has 1 amide bonds. The molecule has 0 bridgehead atoms. The van der Waals surface area contributed by atoms with Gasteiger partial charge in [0.15, 0.2) is 0 Å². The zero-order chi connectivity index (χ0) is 26.7. The maximum Gasteiger partial charge on any atom is 0.300 e. The van der Waals surface area contributed by atoms with Gasteiger partial charge in [-0.3, -0.25) is 14.5 Å². The van der Waals surface area contributed by atoms with Crippen molar-refractivity contribution in [3.63, 3.8) is 0 Å². The highest BCUT2D eigenvalue weighted by Gasteiger charge is 2.47. The van der Waals surface area contributed by atoms with Crippen LogP contribution in [0.2, 0.25) is 0 Å². The maximum atomic E-state index is 14.9. The van der Waals surface area contributed by atoms with Gasteiger partial charge in [-0.15, -0.1) is 0 Å². The molecule has 1 N–H and O–H groups in total. The van der Waals surface area contributed by atoms with Crippen molar-refractivity contribution in [2.75, 3.05) is 29.5 Å². The highest BCUT2D eigenvalue weighted by atomic mass is 19.1. The molecule has 1 unspecified atom stereocenters. The van der Waals surface area contributed by atoms with Crippen molar-refractivity contribution in [2.45, 2.75) is 26.8 Å². The van der Waals surface area contributed by atoms with Crippen LogP contribution in [0.3, 0.4) is 0 Å². The van der Waals surface area contributed by atoms with Crippen LogP contribution in [0.5, 0.6) is 5.75 Å². The van der Waals surface area contributed by atoms with Gasteiger partial charge in [-0.05, 0) is 62.7 Å². The van der Waals surface area contributed by atoms with Crippen LogP contribution in [0, 0.1) is 11.6 Å². The number of aliphatic hydroxyl groups is 1. The Bertz CT molecular complexity index is 1350. The van der Waals surface area contributed by atoms with Crippen molar-refractivity contribution in [1.82, 2.24) is 0 Å². The van der Waals surface area contributed by atoms with Gasteiger partial charge >= 0.3 is 0 Å². The van der Waals surface area contributed by atoms with E-state index in [0.717, 1.165) is 41.9 Å². The molecule has 8 heteroatoms. The van der Waals surface area contributed by atoms with Crippen molar-refractivity contribution in [3.8, 4) is 5.75 Å². The number of rotatable bonds is 8. The average molecular weight is 507 g/mol. The Kier molecular flexibility index (Phi) is 7.57. The van der Waals surface area contributed by atoms with Crippen LogP contribution in [0.25, 0.3) is 5.76 Å². The molecule has 0 radical (unpaired) electrons. The first-order valence-electron chi connectivity index (χ1n) is 12.1. The average Bonchev–Trinajstić information content (AvgIpc) is 3.16. The normalized spacial score (nSPS) is 16.8. The van der Waals surface area contributed by atoms with Crippen molar-refractivity contribution in [3.05, 3.63) is 95.1 Å². The van der Waals surface area contributed by atoms with Crippen molar-refractivity contribution < 1.29 is 28.2 Å². The molecule has 0 aliphatic carbocycles. The summed E-state index contributed by atoms with van der Waals surface area (Å²) < 4.78 is 34.5. The number of Topliss-reactive ketones (excluding diaryl/α,β-unsaturated/α-hetero) is 1. The first-order chi connectivity index (χ1) is 17.8. The SMILES string of the molecule is CCOc1cccc(/C(O)=C2\C(=O)C(=O)N(c3cc(F)ccc3F)C2c2ccc(N(CC)CC)cc2)c1. The largest absolute Gasteiger partial charge is 0.507 e. The number of aliphatic hydroxyl groups excluding tert-OH is 1. The van der Waals surface area contributed by atoms with Crippen molar-refractivity contribution in [1.29, 1.82) is 0 Å². The molecule has 1 aliphatic heterocycles. The third-order valence-electron chi connectivity index (χ3n) is 6.37. The Morgan fingerprint density at radius 1 is 0.973 bits per heavy atom. The molecule has 0 aromatic heterocycles. The molecule has 1 aliphatic rings. The third-order valence-corrected chi connectivity index (χ3v) is 6.37. The van der Waals surface area contributed by atoms with Crippen LogP contribution in [0.15, 0.2) is 72.3 Å². The van der Waals surface area contributed by atoms with E-state index in [1.807, 2.05) is 32.9 Å². The van der Waals surface area contributed by atoms with Gasteiger partial charge < -0.3 is 14.7 Å². The highest BCUT2D eigenvalue weighted by molar-refractivity contribution is 6.51. The molecule has 3 aromatic carbocycles. The predicted octanol–water partition coefficient (Wildman–Crippen LogP) is 5.84. The van der Waals surface area contributed by atoms with Gasteiger partial charge in [-0.2, -0.15) is 0 Å². The summed E-state index contributed by atoms with van der Waals surface area (Å²) >= 11 is 0. The lowest BCUT2D eigenvalue weighted by molar-refractivity contribution is -0.132. The van der Waals surface area contributed by atoms with Crippen LogP contribution in [-0.2, 0) is 9.59 Å². The van der Waals surface area contributed by atoms with Gasteiger partial charge in [0.2, 0.25) is 0 Å². The number of benzene rings is 3. The topological polar surface area (TPSA) is 70.1 Å². The number of halogens is 2. The number of nitrogens with zero attached hydrogens (tertiary/aromatic N) is 2. The number of carbonyl (C=O) groups is 2. The third kappa shape index (κ3) is 4.91. The van der Waals surface area contributed by atoms with E-state index in [0.29, 0.717) is 17.9 Å². The number of carbonyl (C=O) groups excluding carboxylic acids is 2. The Hall–Kier alpha value is -4.20. The molecule has 1 atom stereocenters. The van der Waals surface area contributed by atoms with E-state index >= 15 is 0 Å². The molecule has 6 nitrogen and oxygen atoms in total. The first kappa shape index (κ1) is 25.9. The van der Waals surface area contributed by atoms with Crippen molar-refractivity contribution >= 4 is 28.8 Å². The fraction of sp³-hybridized carbons (Fsp3) is 0.241. The standard InChI is InChI=1S/C29H28F2N2O4/c1-4-32(5-2)21-13-10-18(11-14-21)26-25(27(34)19-8-7-9-22(16-19)37-6-3)28(35)29(36)33(26)24-17-20(30)12-15-23(24)31/h7-17,26,34H,4-6H2,1-3H3/b27-25+. The maximum absolute atomic E-state index is 14.9. The van der Waals surface area contributed by atoms with Gasteiger partial charge in [0, 0.05) is 30.4 Å². The van der Waals surface area contributed by atoms with E-state index in [1.54, 1.807) is 36.4 Å². The number of anilines is 2. The van der Waals surface area contributed by atoms with Gasteiger partial charge in [0.1, 0.15) is 23.1 Å². The van der Waals surface area contributed by atoms with Gasteiger partial charge in [-0.1, -0.05) is 24.3 Å². The summed E-state index contributed by atoms with van der Waals surface area (Å²) in [6.07, 6.45) is 0. The molecular formula is C29H28F2N2O4. The summed E-state index contributed by atoms with van der Waals surface area (Å²) in [5, 5.41) is 11.3. The fourth-order valence-electron chi connectivity index (χ4n) is 4.58. The fourth-order valence-corrected chi connectivity index (χ4v) is 4.58. The minimum absolute atomic E-state index is 0.224. The van der Waals surface area contributed by atoms with Gasteiger partial charge in [-0.25, -0.2) is 8.78 Å². The van der Waals surface area contributed by atoms with Gasteiger partial charge in [0.25, 0.3) is 11.7 Å². The van der Waals surface area contributed by atoms with Gasteiger partial charge in [0.05, 0.1) is 23.9 Å². The molecule has 1 saturated heterocycles. The second-order valence-corrected chi connectivity index (χ2v) is 8.49. The second-order valence-electron chi connectivity index (χ2n) is 8.49. The summed E-state index contributed by atoms with van der Waals surface area (Å²) in [5.41, 5.74) is 1.03. The molecule has 192 valence electrons. The van der Waals surface area contributed by atoms with E-state index in [-0.39, 0.29) is 16.8 Å². The summed E-state index contributed by atoms with van der Waals surface area (Å²) in [4.78, 5) is 29.6. The van der Waals surface area contributed by atoms with Crippen LogP contribution >= 0.6 is 0 Å². The Balaban J connectivity index is 1.92. The monoisotopic (exact) mass is 506 g/mol. The van der Waals surface area contributed by atoms with Crippen LogP contribution in [0.1, 0.15) is 37.9 Å². The number of hydrogen-bond donors (Lipinski definition) is 1. The van der Waals surface area contributed by atoms with E-state index < -0.39 is 35.1 Å². The number of amides is 1. The second kappa shape index (κ2) is 10.8. The molecule has 0 saturated carbocycles. The Morgan fingerprint density at radius 3 is 2.32 bits per heavy atom. The zero-order valence-electron chi connectivity index (χ0n) is 20.9. The quantitative estimate of drug-likeness (QED) is 0.236. The smallest absolute Gasteiger partial charge is 0.300 e. The lowest BCUT2D eigenvalue weighted by Crippen LogP contribution is -2.30. The molecule has 1 heterocycles. The Morgan fingerprint density at radius 2 is 1.68 bits per heavy atom. The van der Waals surface area contributed by atoms with Crippen LogP contribution in [0.4, 0.5) is 20.2 Å². The minimum Gasteiger partial charge on any atom is -0.507 e. The molecule has 3 aromatic rings.